The van der Waals surface area contributed by atoms with Crippen molar-refractivity contribution in [3.05, 3.63) is 70.8 Å². The van der Waals surface area contributed by atoms with Crippen LogP contribution in [-0.4, -0.2) is 12.2 Å². The minimum atomic E-state index is -0.980. The molecule has 19 heavy (non-hydrogen) atoms. The molecule has 0 aliphatic carbocycles. The lowest BCUT2D eigenvalue weighted by molar-refractivity contribution is 0.184. The molecule has 2 aromatic carbocycles. The van der Waals surface area contributed by atoms with Gasteiger partial charge >= 0.3 is 0 Å². The summed E-state index contributed by atoms with van der Waals surface area (Å²) in [4.78, 5) is 0. The first kappa shape index (κ1) is 13.6. The summed E-state index contributed by atoms with van der Waals surface area (Å²) in [6.45, 7) is 0.488. The van der Waals surface area contributed by atoms with Crippen molar-refractivity contribution in [2.75, 3.05) is 7.11 Å². The van der Waals surface area contributed by atoms with Crippen LogP contribution in [0.2, 0.25) is 0 Å². The van der Waals surface area contributed by atoms with Crippen LogP contribution in [0.4, 0.5) is 8.78 Å². The molecule has 0 aliphatic rings. The Bertz CT molecular complexity index is 553. The van der Waals surface area contributed by atoms with Crippen molar-refractivity contribution >= 4 is 0 Å². The van der Waals surface area contributed by atoms with Gasteiger partial charge in [-0.2, -0.15) is 0 Å². The first-order valence-electron chi connectivity index (χ1n) is 5.82. The monoisotopic (exact) mass is 264 g/mol. The number of aliphatic hydroxyl groups is 1. The smallest absolute Gasteiger partial charge is 0.159 e. The van der Waals surface area contributed by atoms with Crippen LogP contribution in [0, 0.1) is 11.6 Å². The molecule has 0 heterocycles. The highest BCUT2D eigenvalue weighted by atomic mass is 19.2. The van der Waals surface area contributed by atoms with Gasteiger partial charge in [-0.3, -0.25) is 0 Å². The molecular weight excluding hydrogens is 250 g/mol. The lowest BCUT2D eigenvalue weighted by atomic mass is 10.0. The SMILES string of the molecule is COCc1ccc(C(O)c2ccc(F)c(F)c2)cc1. The summed E-state index contributed by atoms with van der Waals surface area (Å²) in [5, 5.41) is 10.1. The van der Waals surface area contributed by atoms with Crippen LogP contribution in [0.25, 0.3) is 0 Å². The summed E-state index contributed by atoms with van der Waals surface area (Å²) in [6, 6.07) is 10.5. The van der Waals surface area contributed by atoms with Crippen LogP contribution in [0.15, 0.2) is 42.5 Å². The van der Waals surface area contributed by atoms with Gasteiger partial charge in [-0.05, 0) is 28.8 Å². The molecule has 1 atom stereocenters. The minimum Gasteiger partial charge on any atom is -0.384 e. The Hall–Kier alpha value is -1.78. The van der Waals surface area contributed by atoms with Crippen molar-refractivity contribution in [3.63, 3.8) is 0 Å². The molecule has 2 rings (SSSR count). The molecule has 0 saturated carbocycles. The van der Waals surface area contributed by atoms with E-state index in [2.05, 4.69) is 0 Å². The zero-order chi connectivity index (χ0) is 13.8. The van der Waals surface area contributed by atoms with Crippen LogP contribution < -0.4 is 0 Å². The van der Waals surface area contributed by atoms with Crippen molar-refractivity contribution in [2.24, 2.45) is 0 Å². The van der Waals surface area contributed by atoms with Gasteiger partial charge < -0.3 is 9.84 Å². The van der Waals surface area contributed by atoms with E-state index in [0.29, 0.717) is 17.7 Å². The average Bonchev–Trinajstić information content (AvgIpc) is 2.42. The van der Waals surface area contributed by atoms with E-state index in [9.17, 15) is 13.9 Å². The standard InChI is InChI=1S/C15H14F2O2/c1-19-9-10-2-4-11(5-3-10)15(18)12-6-7-13(16)14(17)8-12/h2-8,15,18H,9H2,1H3. The highest BCUT2D eigenvalue weighted by Crippen LogP contribution is 2.23. The predicted molar refractivity (Wildman–Crippen MR) is 67.6 cm³/mol. The van der Waals surface area contributed by atoms with Gasteiger partial charge in [-0.1, -0.05) is 30.3 Å². The van der Waals surface area contributed by atoms with Crippen molar-refractivity contribution in [3.8, 4) is 0 Å². The Morgan fingerprint density at radius 1 is 1.00 bits per heavy atom. The number of hydrogen-bond donors (Lipinski definition) is 1. The molecule has 0 spiro atoms. The second kappa shape index (κ2) is 5.91. The highest BCUT2D eigenvalue weighted by molar-refractivity contribution is 5.32. The van der Waals surface area contributed by atoms with Gasteiger partial charge in [0.05, 0.1) is 6.61 Å². The predicted octanol–water partition coefficient (Wildman–Crippen LogP) is 3.19. The second-order valence-electron chi connectivity index (χ2n) is 4.25. The lowest BCUT2D eigenvalue weighted by Gasteiger charge is -2.12. The normalized spacial score (nSPS) is 12.4. The van der Waals surface area contributed by atoms with Gasteiger partial charge in [-0.25, -0.2) is 8.78 Å². The van der Waals surface area contributed by atoms with E-state index >= 15 is 0 Å². The van der Waals surface area contributed by atoms with Crippen molar-refractivity contribution in [1.82, 2.24) is 0 Å². The molecule has 0 aromatic heterocycles. The van der Waals surface area contributed by atoms with Crippen molar-refractivity contribution in [1.29, 1.82) is 0 Å². The zero-order valence-electron chi connectivity index (χ0n) is 10.4. The fraction of sp³-hybridized carbons (Fsp3) is 0.200. The number of benzene rings is 2. The third-order valence-corrected chi connectivity index (χ3v) is 2.87. The Morgan fingerprint density at radius 3 is 2.21 bits per heavy atom. The summed E-state index contributed by atoms with van der Waals surface area (Å²) in [5.74, 6) is -1.89. The molecular formula is C15H14F2O2. The summed E-state index contributed by atoms with van der Waals surface area (Å²) in [5.41, 5.74) is 1.91. The summed E-state index contributed by atoms with van der Waals surface area (Å²) < 4.78 is 30.9. The maximum absolute atomic E-state index is 13.1. The van der Waals surface area contributed by atoms with E-state index in [1.54, 1.807) is 19.2 Å². The molecule has 0 fully saturated rings. The quantitative estimate of drug-likeness (QED) is 0.919. The fourth-order valence-electron chi connectivity index (χ4n) is 1.84. The first-order valence-corrected chi connectivity index (χ1v) is 5.82. The van der Waals surface area contributed by atoms with Gasteiger partial charge in [0.25, 0.3) is 0 Å². The Morgan fingerprint density at radius 2 is 1.63 bits per heavy atom. The van der Waals surface area contributed by atoms with Gasteiger partial charge in [0.1, 0.15) is 6.10 Å². The minimum absolute atomic E-state index is 0.318. The number of aliphatic hydroxyl groups excluding tert-OH is 1. The molecule has 1 unspecified atom stereocenters. The number of hydrogen-bond acceptors (Lipinski definition) is 2. The molecule has 0 amide bonds. The van der Waals surface area contributed by atoms with E-state index in [-0.39, 0.29) is 0 Å². The Balaban J connectivity index is 2.22. The third kappa shape index (κ3) is 3.16. The average molecular weight is 264 g/mol. The molecule has 100 valence electrons. The largest absolute Gasteiger partial charge is 0.384 e. The first-order chi connectivity index (χ1) is 9.11. The van der Waals surface area contributed by atoms with Crippen molar-refractivity contribution in [2.45, 2.75) is 12.7 Å². The van der Waals surface area contributed by atoms with Gasteiger partial charge in [-0.15, -0.1) is 0 Å². The number of halogens is 2. The van der Waals surface area contributed by atoms with E-state index in [0.717, 1.165) is 17.7 Å². The van der Waals surface area contributed by atoms with E-state index in [1.165, 1.54) is 6.07 Å². The van der Waals surface area contributed by atoms with Crippen LogP contribution >= 0.6 is 0 Å². The topological polar surface area (TPSA) is 29.5 Å². The molecule has 1 N–H and O–H groups in total. The number of rotatable bonds is 4. The third-order valence-electron chi connectivity index (χ3n) is 2.87. The van der Waals surface area contributed by atoms with Crippen LogP contribution in [-0.2, 0) is 11.3 Å². The molecule has 2 nitrogen and oxygen atoms in total. The molecule has 0 bridgehead atoms. The number of methoxy groups -OCH3 is 1. The second-order valence-corrected chi connectivity index (χ2v) is 4.25. The van der Waals surface area contributed by atoms with Crippen LogP contribution in [0.1, 0.15) is 22.8 Å². The molecule has 0 radical (unpaired) electrons. The molecule has 4 heteroatoms. The van der Waals surface area contributed by atoms with Crippen molar-refractivity contribution < 1.29 is 18.6 Å². The highest BCUT2D eigenvalue weighted by Gasteiger charge is 2.12. The lowest BCUT2D eigenvalue weighted by Crippen LogP contribution is -2.01. The Labute approximate surface area is 110 Å². The summed E-state index contributed by atoms with van der Waals surface area (Å²) in [7, 11) is 1.60. The van der Waals surface area contributed by atoms with Gasteiger partial charge in [0, 0.05) is 7.11 Å². The van der Waals surface area contributed by atoms with Gasteiger partial charge in [0.2, 0.25) is 0 Å². The van der Waals surface area contributed by atoms with Crippen LogP contribution in [0.3, 0.4) is 0 Å². The van der Waals surface area contributed by atoms with Gasteiger partial charge in [0.15, 0.2) is 11.6 Å². The summed E-state index contributed by atoms with van der Waals surface area (Å²) in [6.07, 6.45) is -0.980. The van der Waals surface area contributed by atoms with E-state index in [1.807, 2.05) is 12.1 Å². The van der Waals surface area contributed by atoms with E-state index < -0.39 is 17.7 Å². The van der Waals surface area contributed by atoms with E-state index in [4.69, 9.17) is 4.74 Å². The Kier molecular flexibility index (Phi) is 4.24. The molecule has 0 aliphatic heterocycles. The fourth-order valence-corrected chi connectivity index (χ4v) is 1.84. The maximum Gasteiger partial charge on any atom is 0.159 e. The number of ether oxygens (including phenoxy) is 1. The maximum atomic E-state index is 13.1. The summed E-state index contributed by atoms with van der Waals surface area (Å²) >= 11 is 0. The molecule has 2 aromatic rings. The van der Waals surface area contributed by atoms with Crippen LogP contribution in [0.5, 0.6) is 0 Å². The zero-order valence-corrected chi connectivity index (χ0v) is 10.4. The molecule has 0 saturated heterocycles.